The van der Waals surface area contributed by atoms with Crippen LogP contribution in [0.15, 0.2) is 17.7 Å². The van der Waals surface area contributed by atoms with E-state index in [1.54, 1.807) is 25.1 Å². The minimum absolute atomic E-state index is 0.0559. The van der Waals surface area contributed by atoms with Crippen LogP contribution in [0, 0.1) is 21.3 Å². The van der Waals surface area contributed by atoms with Gasteiger partial charge in [0, 0.05) is 31.7 Å². The smallest absolute Gasteiger partial charge is 0.252 e. The van der Waals surface area contributed by atoms with Crippen LogP contribution in [0.4, 0.5) is 5.69 Å². The van der Waals surface area contributed by atoms with Gasteiger partial charge in [-0.15, -0.1) is 0 Å². The Morgan fingerprint density at radius 2 is 1.85 bits per heavy atom. The van der Waals surface area contributed by atoms with Crippen LogP contribution in [0.5, 0.6) is 5.75 Å². The molecule has 1 saturated carbocycles. The summed E-state index contributed by atoms with van der Waals surface area (Å²) in [5.74, 6) is -6.42. The van der Waals surface area contributed by atoms with Crippen molar-refractivity contribution in [2.45, 2.75) is 24.5 Å². The Morgan fingerprint density at radius 3 is 2.39 bits per heavy atom. The van der Waals surface area contributed by atoms with Crippen molar-refractivity contribution in [1.29, 1.82) is 0 Å². The number of benzene rings is 1. The molecule has 0 heterocycles. The molecule has 0 bridgehead atoms. The topological polar surface area (TPSA) is 141 Å². The van der Waals surface area contributed by atoms with Gasteiger partial charge < -0.3 is 25.7 Å². The van der Waals surface area contributed by atoms with Crippen molar-refractivity contribution in [3.8, 4) is 5.75 Å². The van der Waals surface area contributed by atoms with E-state index in [2.05, 4.69) is 0 Å². The number of Topliss-reactive ketones (excluding diaryl/α,β-unsaturated/α-hetero) is 3. The highest BCUT2D eigenvalue weighted by atomic mass is 127. The molecule has 3 aliphatic rings. The normalized spacial score (nSPS) is 31.0. The summed E-state index contributed by atoms with van der Waals surface area (Å²) in [4.78, 5) is 56.0. The van der Waals surface area contributed by atoms with Crippen molar-refractivity contribution >= 4 is 51.5 Å². The summed E-state index contributed by atoms with van der Waals surface area (Å²) in [5.41, 5.74) is 3.88. The minimum Gasteiger partial charge on any atom is -0.506 e. The van der Waals surface area contributed by atoms with Crippen LogP contribution in [0.1, 0.15) is 22.3 Å². The number of hydrogen-bond acceptors (Lipinski definition) is 8. The zero-order valence-corrected chi connectivity index (χ0v) is 20.9. The van der Waals surface area contributed by atoms with Crippen LogP contribution in [0.2, 0.25) is 0 Å². The highest BCUT2D eigenvalue weighted by Gasteiger charge is 2.65. The quantitative estimate of drug-likeness (QED) is 0.269. The summed E-state index contributed by atoms with van der Waals surface area (Å²) in [7, 11) is 7.11. The third-order valence-corrected chi connectivity index (χ3v) is 8.06. The molecule has 1 aromatic carbocycles. The zero-order valence-electron chi connectivity index (χ0n) is 18.8. The number of phenolic OH excluding ortho intramolecular Hbond substituents is 1. The van der Waals surface area contributed by atoms with Crippen LogP contribution < -0.4 is 10.6 Å². The molecule has 9 nitrogen and oxygen atoms in total. The maximum absolute atomic E-state index is 13.7. The third-order valence-electron chi connectivity index (χ3n) is 7.24. The van der Waals surface area contributed by atoms with E-state index in [0.717, 1.165) is 5.69 Å². The van der Waals surface area contributed by atoms with Gasteiger partial charge in [-0.05, 0) is 67.1 Å². The number of carbonyl (C=O) groups excluding carboxylic acids is 4. The van der Waals surface area contributed by atoms with Crippen molar-refractivity contribution < 1.29 is 29.4 Å². The van der Waals surface area contributed by atoms with Gasteiger partial charge in [-0.2, -0.15) is 0 Å². The first kappa shape index (κ1) is 23.8. The van der Waals surface area contributed by atoms with E-state index < -0.39 is 58.2 Å². The maximum atomic E-state index is 13.7. The number of amides is 1. The lowest BCUT2D eigenvalue weighted by atomic mass is 9.54. The predicted molar refractivity (Wildman–Crippen MR) is 128 cm³/mol. The van der Waals surface area contributed by atoms with Gasteiger partial charge in [-0.3, -0.25) is 19.2 Å². The van der Waals surface area contributed by atoms with E-state index in [1.165, 1.54) is 6.08 Å². The number of phenols is 1. The molecule has 10 heteroatoms. The highest BCUT2D eigenvalue weighted by Crippen LogP contribution is 2.51. The second-order valence-electron chi connectivity index (χ2n) is 9.48. The average Bonchev–Trinajstić information content (AvgIpc) is 2.72. The predicted octanol–water partition coefficient (Wildman–Crippen LogP) is 0.279. The molecule has 0 spiro atoms. The second kappa shape index (κ2) is 7.88. The summed E-state index contributed by atoms with van der Waals surface area (Å²) >= 11 is 1.93. The lowest BCUT2D eigenvalue weighted by Gasteiger charge is -2.51. The number of likely N-dealkylation sites (N-methyl/N-ethyl adjacent to an activating group) is 1. The van der Waals surface area contributed by atoms with E-state index in [1.807, 2.05) is 41.6 Å². The average molecular weight is 567 g/mol. The van der Waals surface area contributed by atoms with Gasteiger partial charge >= 0.3 is 0 Å². The fraction of sp³-hybridized carbons (Fsp3) is 0.478. The number of fused-ring (bicyclic) bond motifs is 3. The van der Waals surface area contributed by atoms with Crippen molar-refractivity contribution in [3.63, 3.8) is 0 Å². The number of nitrogens with two attached hydrogens (primary N) is 1. The molecule has 1 aromatic rings. The molecule has 1 amide bonds. The molecule has 5 atom stereocenters. The number of aromatic hydroxyl groups is 1. The van der Waals surface area contributed by atoms with Crippen molar-refractivity contribution in [2.24, 2.45) is 23.5 Å². The number of hydrogen-bond donors (Lipinski definition) is 3. The Labute approximate surface area is 204 Å². The molecule has 3 aliphatic carbocycles. The zero-order chi connectivity index (χ0) is 24.6. The lowest BCUT2D eigenvalue weighted by Crippen LogP contribution is -2.68. The van der Waals surface area contributed by atoms with Crippen LogP contribution in [0.25, 0.3) is 0 Å². The molecule has 176 valence electrons. The number of carbonyl (C=O) groups is 4. The Morgan fingerprint density at radius 1 is 1.21 bits per heavy atom. The first-order chi connectivity index (χ1) is 15.3. The second-order valence-corrected chi connectivity index (χ2v) is 10.6. The number of halogens is 1. The molecule has 1 fully saturated rings. The Balaban J connectivity index is 1.90. The van der Waals surface area contributed by atoms with E-state index in [9.17, 15) is 29.4 Å². The van der Waals surface area contributed by atoms with Crippen LogP contribution in [0.3, 0.4) is 0 Å². The van der Waals surface area contributed by atoms with Crippen LogP contribution in [-0.4, -0.2) is 78.2 Å². The number of rotatable bonds is 3. The van der Waals surface area contributed by atoms with Crippen molar-refractivity contribution in [3.05, 3.63) is 32.4 Å². The Hall–Kier alpha value is -2.31. The van der Waals surface area contributed by atoms with Crippen LogP contribution in [-0.2, 0) is 20.8 Å². The standard InChI is InChI=1S/C23H26IN3O6/c1-26(2)14-8-13(24)18(28)17-10(14)5-9-6-12-15(27(3)4)7-11(22(25)32)20(30)23(12,33)21(31)16(9)19(17)29/h7-9,12,15-16,28,33H,5-6H2,1-4H3,(H2,25,32)/t9?,12?,15-,16?,23-/m1/s1. The van der Waals surface area contributed by atoms with E-state index in [4.69, 9.17) is 5.73 Å². The number of aliphatic hydroxyl groups is 1. The highest BCUT2D eigenvalue weighted by molar-refractivity contribution is 14.1. The van der Waals surface area contributed by atoms with Crippen molar-refractivity contribution in [1.82, 2.24) is 4.90 Å². The lowest BCUT2D eigenvalue weighted by molar-refractivity contribution is -0.168. The summed E-state index contributed by atoms with van der Waals surface area (Å²) in [6, 6.07) is 1.19. The molecule has 0 radical (unpaired) electrons. The number of primary amides is 1. The molecule has 4 rings (SSSR count). The molecule has 0 saturated heterocycles. The molecule has 0 aliphatic heterocycles. The van der Waals surface area contributed by atoms with Gasteiger partial charge in [0.2, 0.25) is 5.78 Å². The van der Waals surface area contributed by atoms with Crippen molar-refractivity contribution in [2.75, 3.05) is 33.1 Å². The molecule has 4 N–H and O–H groups in total. The fourth-order valence-corrected chi connectivity index (χ4v) is 6.26. The first-order valence-corrected chi connectivity index (χ1v) is 11.7. The molecule has 33 heavy (non-hydrogen) atoms. The molecule has 0 aromatic heterocycles. The van der Waals surface area contributed by atoms with E-state index in [0.29, 0.717) is 15.6 Å². The van der Waals surface area contributed by atoms with E-state index >= 15 is 0 Å². The largest absolute Gasteiger partial charge is 0.506 e. The number of ketones is 3. The Kier molecular flexibility index (Phi) is 5.69. The summed E-state index contributed by atoms with van der Waals surface area (Å²) in [6.07, 6.45) is 1.97. The maximum Gasteiger partial charge on any atom is 0.252 e. The van der Waals surface area contributed by atoms with Gasteiger partial charge in [0.25, 0.3) is 5.91 Å². The fourth-order valence-electron chi connectivity index (χ4n) is 5.69. The van der Waals surface area contributed by atoms with E-state index in [-0.39, 0.29) is 17.7 Å². The van der Waals surface area contributed by atoms with Gasteiger partial charge in [-0.1, -0.05) is 6.08 Å². The SMILES string of the molecule is CN(C)c1cc(I)c(O)c2c1CC1CC3[C@H](N(C)C)C=C(C(N)=O)C(=O)[C@@]3(O)C(=O)C1C2=O. The van der Waals surface area contributed by atoms with Gasteiger partial charge in [0.1, 0.15) is 5.75 Å². The summed E-state index contributed by atoms with van der Waals surface area (Å²) in [5, 5.41) is 22.2. The summed E-state index contributed by atoms with van der Waals surface area (Å²) in [6.45, 7) is 0. The first-order valence-electron chi connectivity index (χ1n) is 10.6. The van der Waals surface area contributed by atoms with Gasteiger partial charge in [-0.25, -0.2) is 0 Å². The van der Waals surface area contributed by atoms with Gasteiger partial charge in [0.15, 0.2) is 17.2 Å². The molecular weight excluding hydrogens is 541 g/mol. The number of anilines is 1. The summed E-state index contributed by atoms with van der Waals surface area (Å²) < 4.78 is 0.460. The number of nitrogens with zero attached hydrogens (tertiary/aromatic N) is 2. The minimum atomic E-state index is -2.54. The third kappa shape index (κ3) is 3.25. The van der Waals surface area contributed by atoms with Crippen LogP contribution >= 0.6 is 22.6 Å². The monoisotopic (exact) mass is 567 g/mol. The Bertz CT molecular complexity index is 1140. The molecule has 3 unspecified atom stereocenters. The molecular formula is C23H26IN3O6. The van der Waals surface area contributed by atoms with Gasteiger partial charge in [0.05, 0.1) is 20.6 Å².